The SMILES string of the molecule is CC1([B]C2CCCCCCC2)CCCCCCN1[B][B]C1CCCCCCCC1. The molecule has 3 fully saturated rings. The van der Waals surface area contributed by atoms with Crippen LogP contribution in [-0.4, -0.2) is 38.5 Å². The van der Waals surface area contributed by atoms with Crippen LogP contribution in [0.5, 0.6) is 0 Å². The van der Waals surface area contributed by atoms with E-state index < -0.39 is 0 Å². The molecular weight excluding hydrogens is 347 g/mol. The second-order valence-corrected chi connectivity index (χ2v) is 10.8. The first-order chi connectivity index (χ1) is 14.3. The summed E-state index contributed by atoms with van der Waals surface area (Å²) in [6, 6.07) is 0. The average Bonchev–Trinajstić information content (AvgIpc) is 2.81. The highest BCUT2D eigenvalue weighted by Gasteiger charge is 2.35. The lowest BCUT2D eigenvalue weighted by molar-refractivity contribution is 0.253. The first-order valence-electron chi connectivity index (χ1n) is 13.6. The molecule has 29 heavy (non-hydrogen) atoms. The van der Waals surface area contributed by atoms with Crippen LogP contribution in [0.15, 0.2) is 0 Å². The number of hydrogen-bond acceptors (Lipinski definition) is 1. The van der Waals surface area contributed by atoms with E-state index in [9.17, 15) is 0 Å². The molecule has 0 spiro atoms. The van der Waals surface area contributed by atoms with Gasteiger partial charge in [-0.3, -0.25) is 0 Å². The third kappa shape index (κ3) is 8.66. The van der Waals surface area contributed by atoms with Crippen LogP contribution in [0.2, 0.25) is 11.6 Å². The summed E-state index contributed by atoms with van der Waals surface area (Å²) >= 11 is 0. The van der Waals surface area contributed by atoms with Crippen molar-refractivity contribution in [1.29, 1.82) is 0 Å². The number of rotatable bonds is 5. The molecule has 0 aromatic rings. The summed E-state index contributed by atoms with van der Waals surface area (Å²) in [5, 5.41) is 0. The molecule has 3 radical (unpaired) electrons. The average molecular weight is 394 g/mol. The zero-order valence-electron chi connectivity index (χ0n) is 19.7. The lowest BCUT2D eigenvalue weighted by Crippen LogP contribution is -2.56. The highest BCUT2D eigenvalue weighted by Crippen LogP contribution is 2.34. The van der Waals surface area contributed by atoms with Gasteiger partial charge in [0.2, 0.25) is 0 Å². The molecule has 2 saturated carbocycles. The van der Waals surface area contributed by atoms with Crippen LogP contribution in [0.25, 0.3) is 0 Å². The fourth-order valence-electron chi connectivity index (χ4n) is 6.19. The molecule has 0 aromatic heterocycles. The van der Waals surface area contributed by atoms with Crippen molar-refractivity contribution in [2.75, 3.05) is 6.54 Å². The molecule has 0 bridgehead atoms. The molecule has 1 heterocycles. The van der Waals surface area contributed by atoms with E-state index in [1.165, 1.54) is 135 Å². The number of nitrogens with zero attached hydrogens (tertiary/aromatic N) is 1. The van der Waals surface area contributed by atoms with E-state index >= 15 is 0 Å². The Morgan fingerprint density at radius 2 is 1.07 bits per heavy atom. The van der Waals surface area contributed by atoms with Crippen molar-refractivity contribution in [3.63, 3.8) is 0 Å². The van der Waals surface area contributed by atoms with Crippen LogP contribution >= 0.6 is 0 Å². The molecule has 0 amide bonds. The monoisotopic (exact) mass is 394 g/mol. The van der Waals surface area contributed by atoms with Gasteiger partial charge in [-0.1, -0.05) is 134 Å². The third-order valence-electron chi connectivity index (χ3n) is 8.17. The highest BCUT2D eigenvalue weighted by molar-refractivity contribution is 7.00. The van der Waals surface area contributed by atoms with Crippen molar-refractivity contribution < 1.29 is 0 Å². The van der Waals surface area contributed by atoms with E-state index in [1.807, 2.05) is 0 Å². The predicted octanol–water partition coefficient (Wildman–Crippen LogP) is 7.37. The van der Waals surface area contributed by atoms with Gasteiger partial charge in [-0.05, 0) is 24.8 Å². The van der Waals surface area contributed by atoms with Crippen LogP contribution in [0.4, 0.5) is 0 Å². The Morgan fingerprint density at radius 1 is 0.586 bits per heavy atom. The summed E-state index contributed by atoms with van der Waals surface area (Å²) in [5.41, 5.74) is 0.277. The summed E-state index contributed by atoms with van der Waals surface area (Å²) in [5.74, 6) is 1.67. The van der Waals surface area contributed by atoms with E-state index in [1.54, 1.807) is 0 Å². The normalized spacial score (nSPS) is 30.5. The summed E-state index contributed by atoms with van der Waals surface area (Å²) in [6.45, 7) is 3.84. The molecule has 1 atom stereocenters. The van der Waals surface area contributed by atoms with Crippen molar-refractivity contribution in [2.45, 2.75) is 152 Å². The zero-order valence-corrected chi connectivity index (χ0v) is 19.7. The molecule has 3 rings (SSSR count). The minimum absolute atomic E-state index is 0.277. The van der Waals surface area contributed by atoms with Gasteiger partial charge in [-0.15, -0.1) is 0 Å². The molecule has 2 aliphatic carbocycles. The number of hydrogen-bond donors (Lipinski definition) is 0. The lowest BCUT2D eigenvalue weighted by Gasteiger charge is -2.46. The van der Waals surface area contributed by atoms with Gasteiger partial charge in [0.25, 0.3) is 0 Å². The van der Waals surface area contributed by atoms with Crippen molar-refractivity contribution >= 4 is 21.8 Å². The van der Waals surface area contributed by atoms with Gasteiger partial charge in [0.1, 0.15) is 7.28 Å². The molecular formula is C25H47B3N. The van der Waals surface area contributed by atoms with Crippen molar-refractivity contribution in [3.05, 3.63) is 0 Å². The molecule has 0 aromatic carbocycles. The fraction of sp³-hybridized carbons (Fsp3) is 1.00. The first kappa shape index (κ1) is 23.8. The molecule has 1 nitrogen and oxygen atoms in total. The van der Waals surface area contributed by atoms with E-state index in [4.69, 9.17) is 0 Å². The summed E-state index contributed by atoms with van der Waals surface area (Å²) in [6.07, 6.45) is 28.8. The lowest BCUT2D eigenvalue weighted by atomic mass is 9.35. The maximum atomic E-state index is 2.83. The molecule has 0 N–H and O–H groups in total. The van der Waals surface area contributed by atoms with Crippen LogP contribution in [-0.2, 0) is 0 Å². The van der Waals surface area contributed by atoms with Gasteiger partial charge in [0, 0.05) is 0 Å². The Bertz CT molecular complexity index is 414. The smallest absolute Gasteiger partial charge is 0.159 e. The van der Waals surface area contributed by atoms with Gasteiger partial charge < -0.3 is 4.81 Å². The Kier molecular flexibility index (Phi) is 11.1. The van der Waals surface area contributed by atoms with Gasteiger partial charge in [-0.2, -0.15) is 0 Å². The summed E-state index contributed by atoms with van der Waals surface area (Å²) in [7, 11) is 8.04. The maximum absolute atomic E-state index is 2.83. The van der Waals surface area contributed by atoms with Crippen LogP contribution < -0.4 is 0 Å². The van der Waals surface area contributed by atoms with Gasteiger partial charge in [-0.25, -0.2) is 0 Å². The van der Waals surface area contributed by atoms with Gasteiger partial charge in [0.05, 0.1) is 7.17 Å². The highest BCUT2D eigenvalue weighted by atomic mass is 15.1. The first-order valence-corrected chi connectivity index (χ1v) is 13.6. The van der Waals surface area contributed by atoms with Crippen molar-refractivity contribution in [3.8, 4) is 0 Å². The van der Waals surface area contributed by atoms with Gasteiger partial charge in [0.15, 0.2) is 7.31 Å². The molecule has 1 aliphatic heterocycles. The van der Waals surface area contributed by atoms with Crippen LogP contribution in [0.3, 0.4) is 0 Å². The molecule has 161 valence electrons. The molecule has 1 unspecified atom stereocenters. The fourth-order valence-corrected chi connectivity index (χ4v) is 6.19. The van der Waals surface area contributed by atoms with E-state index in [2.05, 4.69) is 33.5 Å². The van der Waals surface area contributed by atoms with Crippen LogP contribution in [0, 0.1) is 0 Å². The second-order valence-electron chi connectivity index (χ2n) is 10.8. The summed E-state index contributed by atoms with van der Waals surface area (Å²) in [4.78, 5) is 2.79. The second kappa shape index (κ2) is 13.5. The predicted molar refractivity (Wildman–Crippen MR) is 132 cm³/mol. The minimum atomic E-state index is 0.277. The third-order valence-corrected chi connectivity index (χ3v) is 8.17. The molecule has 1 saturated heterocycles. The van der Waals surface area contributed by atoms with Crippen molar-refractivity contribution in [1.82, 2.24) is 4.81 Å². The van der Waals surface area contributed by atoms with E-state index in [-0.39, 0.29) is 5.44 Å². The Morgan fingerprint density at radius 3 is 1.69 bits per heavy atom. The standard InChI is InChI=1S/C25H47B3N/c1-25(26-23-17-11-7-4-8-12-18-23)21-15-9-10-16-22-29(25)28-27-24-19-13-5-2-3-6-14-20-24/h23-24H,2-22H2,1H3. The Balaban J connectivity index is 1.58. The van der Waals surface area contributed by atoms with E-state index in [0.29, 0.717) is 0 Å². The topological polar surface area (TPSA) is 3.24 Å². The quantitative estimate of drug-likeness (QED) is 0.440. The zero-order chi connectivity index (χ0) is 20.2. The summed E-state index contributed by atoms with van der Waals surface area (Å²) < 4.78 is 0. The van der Waals surface area contributed by atoms with Crippen molar-refractivity contribution in [2.24, 2.45) is 0 Å². The molecule has 3 aliphatic rings. The maximum Gasteiger partial charge on any atom is 0.159 e. The molecule has 4 heteroatoms. The minimum Gasteiger partial charge on any atom is -0.357 e. The van der Waals surface area contributed by atoms with E-state index in [0.717, 1.165) is 11.6 Å². The Labute approximate surface area is 185 Å². The van der Waals surface area contributed by atoms with Gasteiger partial charge >= 0.3 is 0 Å². The largest absolute Gasteiger partial charge is 0.357 e. The Hall–Kier alpha value is 0.155. The van der Waals surface area contributed by atoms with Crippen LogP contribution in [0.1, 0.15) is 135 Å².